The normalized spacial score (nSPS) is 34.5. The maximum Gasteiger partial charge on any atom is 0.110 e. The predicted octanol–water partition coefficient (Wildman–Crippen LogP) is 6.16. The quantitative estimate of drug-likeness (QED) is 0.508. The topological polar surface area (TPSA) is 0 Å². The van der Waals surface area contributed by atoms with Crippen LogP contribution in [-0.4, -0.2) is 7.85 Å². The van der Waals surface area contributed by atoms with Crippen LogP contribution < -0.4 is 0 Å². The van der Waals surface area contributed by atoms with Gasteiger partial charge in [-0.15, -0.1) is 0 Å². The van der Waals surface area contributed by atoms with Gasteiger partial charge in [0.25, 0.3) is 0 Å². The fourth-order valence-corrected chi connectivity index (χ4v) is 4.96. The molecule has 2 aliphatic carbocycles. The molecule has 2 rings (SSSR count). The summed E-state index contributed by atoms with van der Waals surface area (Å²) in [7, 11) is 2.56. The van der Waals surface area contributed by atoms with E-state index in [9.17, 15) is 0 Å². The van der Waals surface area contributed by atoms with Crippen molar-refractivity contribution in [3.05, 3.63) is 0 Å². The van der Waals surface area contributed by atoms with Crippen LogP contribution in [0.2, 0.25) is 5.31 Å². The first-order valence-corrected chi connectivity index (χ1v) is 9.92. The van der Waals surface area contributed by atoms with Crippen LogP contribution in [-0.2, 0) is 0 Å². The van der Waals surface area contributed by atoms with Crippen LogP contribution in [0.3, 0.4) is 0 Å². The minimum Gasteiger partial charge on any atom is -0.0603 e. The molecule has 0 amide bonds. The second-order valence-electron chi connectivity index (χ2n) is 9.46. The van der Waals surface area contributed by atoms with Gasteiger partial charge in [-0.2, -0.15) is 0 Å². The van der Waals surface area contributed by atoms with E-state index < -0.39 is 0 Å². The molecular formula is C20H39B. The van der Waals surface area contributed by atoms with Gasteiger partial charge in [-0.05, 0) is 17.3 Å². The third-order valence-corrected chi connectivity index (χ3v) is 7.23. The highest BCUT2D eigenvalue weighted by Gasteiger charge is 2.38. The second kappa shape index (κ2) is 7.56. The van der Waals surface area contributed by atoms with Crippen LogP contribution in [0.25, 0.3) is 0 Å². The maximum absolute atomic E-state index is 2.56. The van der Waals surface area contributed by atoms with Crippen LogP contribution in [0.4, 0.5) is 0 Å². The average molecular weight is 290 g/mol. The minimum absolute atomic E-state index is 0.472. The lowest BCUT2D eigenvalue weighted by atomic mass is 9.49. The van der Waals surface area contributed by atoms with E-state index in [2.05, 4.69) is 28.6 Å². The summed E-state index contributed by atoms with van der Waals surface area (Å²) in [4.78, 5) is 0. The molecule has 0 aliphatic heterocycles. The van der Waals surface area contributed by atoms with E-state index in [1.165, 1.54) is 70.6 Å². The molecule has 0 aromatic carbocycles. The Morgan fingerprint density at radius 2 is 1.05 bits per heavy atom. The van der Waals surface area contributed by atoms with Crippen molar-refractivity contribution >= 4 is 7.85 Å². The van der Waals surface area contributed by atoms with Gasteiger partial charge in [-0.25, -0.2) is 0 Å². The maximum atomic E-state index is 2.56. The summed E-state index contributed by atoms with van der Waals surface area (Å²) in [6.45, 7) is 7.38. The summed E-state index contributed by atoms with van der Waals surface area (Å²) < 4.78 is 0. The van der Waals surface area contributed by atoms with Crippen molar-refractivity contribution in [2.45, 2.75) is 110 Å². The number of rotatable bonds is 1. The van der Waals surface area contributed by atoms with Gasteiger partial charge in [-0.3, -0.25) is 0 Å². The first-order chi connectivity index (χ1) is 9.92. The van der Waals surface area contributed by atoms with Gasteiger partial charge in [0, 0.05) is 0 Å². The summed E-state index contributed by atoms with van der Waals surface area (Å²) in [5.74, 6) is 2.14. The standard InChI is InChI=1S/C20H39B/c1-19(2,3)20(21)15-9-13-18(14-10-16-20)17-11-7-5-4-6-8-12-17/h17-18H,4-16,21H2,1-3H3. The fourth-order valence-electron chi connectivity index (χ4n) is 4.96. The molecule has 0 heterocycles. The Kier molecular flexibility index (Phi) is 6.27. The van der Waals surface area contributed by atoms with Gasteiger partial charge in [0.15, 0.2) is 0 Å². The SMILES string of the molecule is BC1(C(C)(C)C)CCCC(C2CCCCCCC2)CCC1. The lowest BCUT2D eigenvalue weighted by Crippen LogP contribution is -2.31. The summed E-state index contributed by atoms with van der Waals surface area (Å²) in [6.07, 6.45) is 19.6. The average Bonchev–Trinajstić information content (AvgIpc) is 2.32. The van der Waals surface area contributed by atoms with Crippen molar-refractivity contribution in [1.82, 2.24) is 0 Å². The molecule has 21 heavy (non-hydrogen) atoms. The monoisotopic (exact) mass is 290 g/mol. The molecule has 0 nitrogen and oxygen atoms in total. The zero-order valence-corrected chi connectivity index (χ0v) is 15.3. The first-order valence-electron chi connectivity index (χ1n) is 9.92. The molecule has 0 unspecified atom stereocenters. The van der Waals surface area contributed by atoms with Crippen molar-refractivity contribution < 1.29 is 0 Å². The Hall–Kier alpha value is 0.0649. The van der Waals surface area contributed by atoms with Crippen LogP contribution in [0.1, 0.15) is 104 Å². The van der Waals surface area contributed by atoms with Crippen LogP contribution in [0, 0.1) is 17.3 Å². The third kappa shape index (κ3) is 4.77. The predicted molar refractivity (Wildman–Crippen MR) is 97.7 cm³/mol. The molecule has 122 valence electrons. The van der Waals surface area contributed by atoms with Crippen molar-refractivity contribution in [2.24, 2.45) is 17.3 Å². The third-order valence-electron chi connectivity index (χ3n) is 7.23. The molecule has 0 atom stereocenters. The van der Waals surface area contributed by atoms with Crippen LogP contribution in [0.5, 0.6) is 0 Å². The molecule has 2 saturated carbocycles. The molecule has 1 heteroatoms. The van der Waals surface area contributed by atoms with E-state index in [1.807, 2.05) is 0 Å². The van der Waals surface area contributed by atoms with Gasteiger partial charge in [0.2, 0.25) is 0 Å². The molecule has 0 N–H and O–H groups in total. The summed E-state index contributed by atoms with van der Waals surface area (Å²) in [6, 6.07) is 0. The van der Waals surface area contributed by atoms with Crippen molar-refractivity contribution in [2.75, 3.05) is 0 Å². The molecule has 0 saturated heterocycles. The van der Waals surface area contributed by atoms with E-state index in [4.69, 9.17) is 0 Å². The smallest absolute Gasteiger partial charge is 0.0603 e. The lowest BCUT2D eigenvalue weighted by Gasteiger charge is -2.45. The summed E-state index contributed by atoms with van der Waals surface area (Å²) >= 11 is 0. The van der Waals surface area contributed by atoms with E-state index in [0.29, 0.717) is 10.7 Å². The lowest BCUT2D eigenvalue weighted by molar-refractivity contribution is 0.167. The highest BCUT2D eigenvalue weighted by molar-refractivity contribution is 6.15. The van der Waals surface area contributed by atoms with Crippen LogP contribution >= 0.6 is 0 Å². The molecule has 0 radical (unpaired) electrons. The largest absolute Gasteiger partial charge is 0.110 e. The van der Waals surface area contributed by atoms with E-state index in [1.54, 1.807) is 12.8 Å². The van der Waals surface area contributed by atoms with Gasteiger partial charge in [-0.1, -0.05) is 110 Å². The molecule has 2 fully saturated rings. The summed E-state index contributed by atoms with van der Waals surface area (Å²) in [5, 5.41) is 0.568. The molecule has 0 aromatic rings. The zero-order chi connectivity index (χ0) is 15.3. The molecule has 0 spiro atoms. The van der Waals surface area contributed by atoms with Gasteiger partial charge in [0.05, 0.1) is 0 Å². The number of hydrogen-bond acceptors (Lipinski definition) is 0. The van der Waals surface area contributed by atoms with Gasteiger partial charge >= 0.3 is 0 Å². The Morgan fingerprint density at radius 3 is 1.48 bits per heavy atom. The van der Waals surface area contributed by atoms with E-state index in [-0.39, 0.29) is 0 Å². The minimum atomic E-state index is 0.472. The van der Waals surface area contributed by atoms with Crippen molar-refractivity contribution in [3.63, 3.8) is 0 Å². The van der Waals surface area contributed by atoms with Crippen molar-refractivity contribution in [1.29, 1.82) is 0 Å². The van der Waals surface area contributed by atoms with Gasteiger partial charge in [0.1, 0.15) is 7.85 Å². The molecule has 0 bridgehead atoms. The first kappa shape index (κ1) is 17.4. The van der Waals surface area contributed by atoms with E-state index >= 15 is 0 Å². The Balaban J connectivity index is 1.89. The highest BCUT2D eigenvalue weighted by atomic mass is 14.4. The number of hydrogen-bond donors (Lipinski definition) is 0. The summed E-state index contributed by atoms with van der Waals surface area (Å²) in [5.41, 5.74) is 0.472. The van der Waals surface area contributed by atoms with Crippen molar-refractivity contribution in [3.8, 4) is 0 Å². The Labute approximate surface area is 135 Å². The zero-order valence-electron chi connectivity index (χ0n) is 15.3. The van der Waals surface area contributed by atoms with Crippen LogP contribution in [0.15, 0.2) is 0 Å². The molecular weight excluding hydrogens is 251 g/mol. The highest BCUT2D eigenvalue weighted by Crippen LogP contribution is 2.52. The van der Waals surface area contributed by atoms with Gasteiger partial charge < -0.3 is 0 Å². The fraction of sp³-hybridized carbons (Fsp3) is 1.00. The van der Waals surface area contributed by atoms with E-state index in [0.717, 1.165) is 11.8 Å². The Bertz CT molecular complexity index is 283. The second-order valence-corrected chi connectivity index (χ2v) is 9.46. The Morgan fingerprint density at radius 1 is 0.667 bits per heavy atom. The molecule has 2 aliphatic rings. The molecule has 0 aromatic heterocycles.